The molecule has 0 unspecified atom stereocenters. The SMILES string of the molecule is CCC(=O)NCC#Cc1ccccc1C(F)(F)F. The Kier molecular flexibility index (Phi) is 4.78. The molecule has 1 aromatic rings. The molecule has 0 heterocycles. The van der Waals surface area contributed by atoms with Crippen LogP contribution < -0.4 is 5.32 Å². The Hall–Kier alpha value is -1.96. The zero-order chi connectivity index (χ0) is 13.6. The van der Waals surface area contributed by atoms with Crippen LogP contribution in [0.15, 0.2) is 24.3 Å². The van der Waals surface area contributed by atoms with Crippen molar-refractivity contribution in [2.75, 3.05) is 6.54 Å². The Morgan fingerprint density at radius 1 is 1.33 bits per heavy atom. The van der Waals surface area contributed by atoms with Gasteiger partial charge in [-0.25, -0.2) is 0 Å². The first kappa shape index (κ1) is 14.1. The zero-order valence-corrected chi connectivity index (χ0v) is 9.77. The van der Waals surface area contributed by atoms with E-state index in [1.54, 1.807) is 6.92 Å². The van der Waals surface area contributed by atoms with Crippen LogP contribution in [0.3, 0.4) is 0 Å². The summed E-state index contributed by atoms with van der Waals surface area (Å²) in [6.07, 6.45) is -4.10. The van der Waals surface area contributed by atoms with Gasteiger partial charge in [-0.3, -0.25) is 4.79 Å². The average molecular weight is 255 g/mol. The lowest BCUT2D eigenvalue weighted by Crippen LogP contribution is -2.22. The summed E-state index contributed by atoms with van der Waals surface area (Å²) in [5, 5.41) is 2.47. The largest absolute Gasteiger partial charge is 0.417 e. The van der Waals surface area contributed by atoms with E-state index in [1.807, 2.05) is 0 Å². The first-order valence-corrected chi connectivity index (χ1v) is 5.37. The van der Waals surface area contributed by atoms with Crippen LogP contribution in [-0.2, 0) is 11.0 Å². The van der Waals surface area contributed by atoms with Crippen molar-refractivity contribution in [1.82, 2.24) is 5.32 Å². The molecular formula is C13H12F3NO. The summed E-state index contributed by atoms with van der Waals surface area (Å²) in [5.41, 5.74) is -0.852. The van der Waals surface area contributed by atoms with Gasteiger partial charge in [0.25, 0.3) is 0 Å². The Bertz CT molecular complexity index is 483. The summed E-state index contributed by atoms with van der Waals surface area (Å²) >= 11 is 0. The fourth-order valence-corrected chi connectivity index (χ4v) is 1.25. The summed E-state index contributed by atoms with van der Waals surface area (Å²) < 4.78 is 37.8. The number of carbonyl (C=O) groups excluding carboxylic acids is 1. The number of hydrogen-bond donors (Lipinski definition) is 1. The molecule has 96 valence electrons. The summed E-state index contributed by atoms with van der Waals surface area (Å²) in [4.78, 5) is 10.9. The Morgan fingerprint density at radius 3 is 2.61 bits per heavy atom. The topological polar surface area (TPSA) is 29.1 Å². The number of rotatable bonds is 2. The highest BCUT2D eigenvalue weighted by Crippen LogP contribution is 2.31. The number of carbonyl (C=O) groups is 1. The van der Waals surface area contributed by atoms with E-state index in [0.29, 0.717) is 6.42 Å². The highest BCUT2D eigenvalue weighted by molar-refractivity contribution is 5.75. The van der Waals surface area contributed by atoms with Crippen molar-refractivity contribution in [3.05, 3.63) is 35.4 Å². The maximum atomic E-state index is 12.6. The molecule has 1 rings (SSSR count). The second-order valence-corrected chi connectivity index (χ2v) is 3.48. The highest BCUT2D eigenvalue weighted by Gasteiger charge is 2.32. The molecule has 0 aliphatic heterocycles. The lowest BCUT2D eigenvalue weighted by molar-refractivity contribution is -0.137. The smallest absolute Gasteiger partial charge is 0.345 e. The summed E-state index contributed by atoms with van der Waals surface area (Å²) in [7, 11) is 0. The Labute approximate surface area is 103 Å². The Morgan fingerprint density at radius 2 is 2.00 bits per heavy atom. The van der Waals surface area contributed by atoms with Crippen molar-refractivity contribution in [1.29, 1.82) is 0 Å². The van der Waals surface area contributed by atoms with Crippen molar-refractivity contribution in [3.63, 3.8) is 0 Å². The lowest BCUT2D eigenvalue weighted by atomic mass is 10.1. The van der Waals surface area contributed by atoms with Gasteiger partial charge in [-0.05, 0) is 12.1 Å². The van der Waals surface area contributed by atoms with Crippen molar-refractivity contribution >= 4 is 5.91 Å². The molecule has 0 spiro atoms. The molecule has 0 saturated carbocycles. The minimum absolute atomic E-state index is 0.0405. The van der Waals surface area contributed by atoms with Crippen LogP contribution in [0, 0.1) is 11.8 Å². The number of hydrogen-bond acceptors (Lipinski definition) is 1. The molecule has 0 bridgehead atoms. The van der Waals surface area contributed by atoms with E-state index in [-0.39, 0.29) is 18.0 Å². The van der Waals surface area contributed by atoms with E-state index >= 15 is 0 Å². The minimum atomic E-state index is -4.42. The van der Waals surface area contributed by atoms with E-state index < -0.39 is 11.7 Å². The van der Waals surface area contributed by atoms with Gasteiger partial charge in [-0.1, -0.05) is 30.9 Å². The fourth-order valence-electron chi connectivity index (χ4n) is 1.25. The molecule has 0 aromatic heterocycles. The number of halogens is 3. The zero-order valence-electron chi connectivity index (χ0n) is 9.77. The summed E-state index contributed by atoms with van der Waals surface area (Å²) in [6, 6.07) is 5.09. The van der Waals surface area contributed by atoms with Crippen molar-refractivity contribution in [2.24, 2.45) is 0 Å². The van der Waals surface area contributed by atoms with Gasteiger partial charge in [-0.2, -0.15) is 13.2 Å². The van der Waals surface area contributed by atoms with Crippen LogP contribution in [0.1, 0.15) is 24.5 Å². The van der Waals surface area contributed by atoms with Gasteiger partial charge in [0.2, 0.25) is 5.91 Å². The number of benzene rings is 1. The molecule has 0 radical (unpaired) electrons. The summed E-state index contributed by atoms with van der Waals surface area (Å²) in [5.74, 6) is 4.73. The van der Waals surface area contributed by atoms with Crippen LogP contribution in [0.25, 0.3) is 0 Å². The normalized spacial score (nSPS) is 10.4. The van der Waals surface area contributed by atoms with E-state index in [2.05, 4.69) is 17.2 Å². The lowest BCUT2D eigenvalue weighted by Gasteiger charge is -2.08. The van der Waals surface area contributed by atoms with Crippen molar-refractivity contribution in [2.45, 2.75) is 19.5 Å². The monoisotopic (exact) mass is 255 g/mol. The predicted molar refractivity (Wildman–Crippen MR) is 61.6 cm³/mol. The molecule has 0 atom stereocenters. The van der Waals surface area contributed by atoms with Gasteiger partial charge in [0.05, 0.1) is 12.1 Å². The van der Waals surface area contributed by atoms with Crippen molar-refractivity contribution in [3.8, 4) is 11.8 Å². The van der Waals surface area contributed by atoms with E-state index in [4.69, 9.17) is 0 Å². The van der Waals surface area contributed by atoms with Crippen LogP contribution in [0.4, 0.5) is 13.2 Å². The minimum Gasteiger partial charge on any atom is -0.345 e. The molecule has 0 saturated heterocycles. The highest BCUT2D eigenvalue weighted by atomic mass is 19.4. The van der Waals surface area contributed by atoms with Gasteiger partial charge < -0.3 is 5.32 Å². The third kappa shape index (κ3) is 4.13. The molecular weight excluding hydrogens is 243 g/mol. The van der Waals surface area contributed by atoms with Crippen LogP contribution in [0.5, 0.6) is 0 Å². The fraction of sp³-hybridized carbons (Fsp3) is 0.308. The van der Waals surface area contributed by atoms with Crippen LogP contribution in [-0.4, -0.2) is 12.5 Å². The third-order valence-corrected chi connectivity index (χ3v) is 2.15. The molecule has 18 heavy (non-hydrogen) atoms. The predicted octanol–water partition coefficient (Wildman–Crippen LogP) is 2.58. The third-order valence-electron chi connectivity index (χ3n) is 2.15. The molecule has 0 fully saturated rings. The van der Waals surface area contributed by atoms with E-state index in [9.17, 15) is 18.0 Å². The standard InChI is InChI=1S/C13H12F3NO/c1-2-12(18)17-9-5-7-10-6-3-4-8-11(10)13(14,15)16/h3-4,6,8H,2,9H2,1H3,(H,17,18). The number of alkyl halides is 3. The van der Waals surface area contributed by atoms with Crippen LogP contribution >= 0.6 is 0 Å². The Balaban J connectivity index is 2.79. The molecule has 1 amide bonds. The maximum Gasteiger partial charge on any atom is 0.417 e. The molecule has 0 aliphatic rings. The number of nitrogens with one attached hydrogen (secondary N) is 1. The van der Waals surface area contributed by atoms with Gasteiger partial charge in [-0.15, -0.1) is 0 Å². The van der Waals surface area contributed by atoms with Gasteiger partial charge in [0, 0.05) is 12.0 Å². The van der Waals surface area contributed by atoms with Crippen molar-refractivity contribution < 1.29 is 18.0 Å². The quantitative estimate of drug-likeness (QED) is 0.808. The maximum absolute atomic E-state index is 12.6. The molecule has 5 heteroatoms. The molecule has 2 nitrogen and oxygen atoms in total. The van der Waals surface area contributed by atoms with Gasteiger partial charge in [0.15, 0.2) is 0 Å². The first-order valence-electron chi connectivity index (χ1n) is 5.37. The van der Waals surface area contributed by atoms with E-state index in [1.165, 1.54) is 18.2 Å². The number of amides is 1. The van der Waals surface area contributed by atoms with E-state index in [0.717, 1.165) is 6.07 Å². The van der Waals surface area contributed by atoms with Gasteiger partial charge in [0.1, 0.15) is 0 Å². The average Bonchev–Trinajstić information content (AvgIpc) is 2.33. The molecule has 1 N–H and O–H groups in total. The second-order valence-electron chi connectivity index (χ2n) is 3.48. The second kappa shape index (κ2) is 6.10. The summed E-state index contributed by atoms with van der Waals surface area (Å²) in [6.45, 7) is 1.72. The van der Waals surface area contributed by atoms with Gasteiger partial charge >= 0.3 is 6.18 Å². The molecule has 0 aliphatic carbocycles. The van der Waals surface area contributed by atoms with Crippen LogP contribution in [0.2, 0.25) is 0 Å². The first-order chi connectivity index (χ1) is 8.45. The molecule has 1 aromatic carbocycles.